The monoisotopic (exact) mass is 186 g/mol. The van der Waals surface area contributed by atoms with Crippen molar-refractivity contribution in [1.82, 2.24) is 0 Å². The van der Waals surface area contributed by atoms with Crippen molar-refractivity contribution in [2.75, 3.05) is 0 Å². The standard InChI is InChI=1S/C9H11ClS/c1-6-3-7(2)9(10)8(4-6)5-11/h3-4,11H,5H2,1-2H3. The Kier molecular flexibility index (Phi) is 2.85. The van der Waals surface area contributed by atoms with E-state index in [0.29, 0.717) is 5.75 Å². The van der Waals surface area contributed by atoms with E-state index in [1.54, 1.807) is 0 Å². The van der Waals surface area contributed by atoms with E-state index < -0.39 is 0 Å². The molecule has 0 radical (unpaired) electrons. The van der Waals surface area contributed by atoms with Gasteiger partial charge in [0.15, 0.2) is 0 Å². The Bertz CT molecular complexity index is 269. The van der Waals surface area contributed by atoms with E-state index >= 15 is 0 Å². The van der Waals surface area contributed by atoms with E-state index in [4.69, 9.17) is 11.6 Å². The normalized spacial score (nSPS) is 10.2. The molecule has 0 unspecified atom stereocenters. The van der Waals surface area contributed by atoms with Gasteiger partial charge >= 0.3 is 0 Å². The molecule has 0 nitrogen and oxygen atoms in total. The van der Waals surface area contributed by atoms with E-state index in [9.17, 15) is 0 Å². The molecule has 0 aliphatic heterocycles. The highest BCUT2D eigenvalue weighted by Crippen LogP contribution is 2.23. The van der Waals surface area contributed by atoms with E-state index in [2.05, 4.69) is 31.7 Å². The van der Waals surface area contributed by atoms with Gasteiger partial charge in [0.2, 0.25) is 0 Å². The van der Waals surface area contributed by atoms with E-state index in [-0.39, 0.29) is 0 Å². The van der Waals surface area contributed by atoms with Crippen LogP contribution in [0.5, 0.6) is 0 Å². The van der Waals surface area contributed by atoms with Gasteiger partial charge in [-0.1, -0.05) is 29.3 Å². The lowest BCUT2D eigenvalue weighted by atomic mass is 10.1. The number of rotatable bonds is 1. The number of benzene rings is 1. The molecule has 2 heteroatoms. The summed E-state index contributed by atoms with van der Waals surface area (Å²) in [5, 5.41) is 0.852. The fraction of sp³-hybridized carbons (Fsp3) is 0.333. The molecule has 0 saturated carbocycles. The maximum absolute atomic E-state index is 6.02. The van der Waals surface area contributed by atoms with Crippen LogP contribution in [0.15, 0.2) is 12.1 Å². The summed E-state index contributed by atoms with van der Waals surface area (Å²) < 4.78 is 0. The van der Waals surface area contributed by atoms with E-state index in [1.807, 2.05) is 6.92 Å². The molecule has 0 aliphatic rings. The number of aryl methyl sites for hydroxylation is 2. The Balaban J connectivity index is 3.24. The summed E-state index contributed by atoms with van der Waals surface area (Å²) in [4.78, 5) is 0. The fourth-order valence-electron chi connectivity index (χ4n) is 1.15. The second kappa shape index (κ2) is 3.51. The van der Waals surface area contributed by atoms with Crippen molar-refractivity contribution in [3.63, 3.8) is 0 Å². The van der Waals surface area contributed by atoms with Gasteiger partial charge in [0.05, 0.1) is 0 Å². The zero-order valence-corrected chi connectivity index (χ0v) is 8.34. The van der Waals surface area contributed by atoms with Crippen molar-refractivity contribution in [3.05, 3.63) is 33.8 Å². The van der Waals surface area contributed by atoms with Gasteiger partial charge < -0.3 is 0 Å². The lowest BCUT2D eigenvalue weighted by molar-refractivity contribution is 1.30. The molecule has 0 fully saturated rings. The quantitative estimate of drug-likeness (QED) is 0.639. The zero-order chi connectivity index (χ0) is 8.43. The fourth-order valence-corrected chi connectivity index (χ4v) is 1.67. The van der Waals surface area contributed by atoms with Crippen molar-refractivity contribution < 1.29 is 0 Å². The molecule has 0 saturated heterocycles. The van der Waals surface area contributed by atoms with Crippen LogP contribution in [-0.2, 0) is 5.75 Å². The molecule has 0 amide bonds. The van der Waals surface area contributed by atoms with Gasteiger partial charge in [0.1, 0.15) is 0 Å². The first-order valence-corrected chi connectivity index (χ1v) is 4.52. The average molecular weight is 187 g/mol. The van der Waals surface area contributed by atoms with Gasteiger partial charge in [-0.3, -0.25) is 0 Å². The Hall–Kier alpha value is -0.140. The largest absolute Gasteiger partial charge is 0.174 e. The molecule has 0 bridgehead atoms. The second-order valence-electron chi connectivity index (χ2n) is 2.71. The van der Waals surface area contributed by atoms with E-state index in [1.165, 1.54) is 5.56 Å². The Morgan fingerprint density at radius 1 is 1.36 bits per heavy atom. The highest BCUT2D eigenvalue weighted by molar-refractivity contribution is 7.79. The van der Waals surface area contributed by atoms with Crippen LogP contribution in [0.2, 0.25) is 5.02 Å². The molecule has 0 atom stereocenters. The van der Waals surface area contributed by atoms with Crippen molar-refractivity contribution in [1.29, 1.82) is 0 Å². The summed E-state index contributed by atoms with van der Waals surface area (Å²) in [5.74, 6) is 0.710. The van der Waals surface area contributed by atoms with Crippen LogP contribution < -0.4 is 0 Å². The zero-order valence-electron chi connectivity index (χ0n) is 6.69. The molecule has 0 aliphatic carbocycles. The minimum Gasteiger partial charge on any atom is -0.174 e. The molecule has 60 valence electrons. The molecule has 11 heavy (non-hydrogen) atoms. The van der Waals surface area contributed by atoms with Gasteiger partial charge in [0.25, 0.3) is 0 Å². The number of hydrogen-bond donors (Lipinski definition) is 1. The first-order chi connectivity index (χ1) is 5.15. The van der Waals surface area contributed by atoms with Crippen LogP contribution in [0.25, 0.3) is 0 Å². The van der Waals surface area contributed by atoms with Crippen molar-refractivity contribution in [2.45, 2.75) is 19.6 Å². The first-order valence-electron chi connectivity index (χ1n) is 3.51. The van der Waals surface area contributed by atoms with Crippen LogP contribution in [0, 0.1) is 13.8 Å². The summed E-state index contributed by atoms with van der Waals surface area (Å²) in [6.07, 6.45) is 0. The van der Waals surface area contributed by atoms with Gasteiger partial charge in [-0.15, -0.1) is 0 Å². The Labute approximate surface area is 78.0 Å². The third kappa shape index (κ3) is 1.91. The van der Waals surface area contributed by atoms with Crippen LogP contribution >= 0.6 is 24.2 Å². The van der Waals surface area contributed by atoms with Crippen molar-refractivity contribution in [3.8, 4) is 0 Å². The molecule has 0 N–H and O–H groups in total. The SMILES string of the molecule is Cc1cc(C)c(Cl)c(CS)c1. The van der Waals surface area contributed by atoms with Gasteiger partial charge in [-0.25, -0.2) is 0 Å². The average Bonchev–Trinajstić information content (AvgIpc) is 1.96. The number of thiol groups is 1. The predicted octanol–water partition coefficient (Wildman–Crippen LogP) is 3.39. The van der Waals surface area contributed by atoms with Crippen molar-refractivity contribution in [2.24, 2.45) is 0 Å². The summed E-state index contributed by atoms with van der Waals surface area (Å²) >= 11 is 10.2. The summed E-state index contributed by atoms with van der Waals surface area (Å²) in [5.41, 5.74) is 3.50. The topological polar surface area (TPSA) is 0 Å². The third-order valence-corrected chi connectivity index (χ3v) is 2.53. The molecular weight excluding hydrogens is 176 g/mol. The molecule has 1 aromatic carbocycles. The molecular formula is C9H11ClS. The Morgan fingerprint density at radius 2 is 2.00 bits per heavy atom. The number of hydrogen-bond acceptors (Lipinski definition) is 1. The number of halogens is 1. The van der Waals surface area contributed by atoms with Crippen LogP contribution in [0.1, 0.15) is 16.7 Å². The molecule has 0 heterocycles. The predicted molar refractivity (Wildman–Crippen MR) is 53.6 cm³/mol. The van der Waals surface area contributed by atoms with Crippen LogP contribution in [0.4, 0.5) is 0 Å². The van der Waals surface area contributed by atoms with Crippen molar-refractivity contribution >= 4 is 24.2 Å². The molecule has 0 spiro atoms. The van der Waals surface area contributed by atoms with Gasteiger partial charge in [-0.05, 0) is 25.0 Å². The minimum atomic E-state index is 0.710. The highest BCUT2D eigenvalue weighted by Gasteiger charge is 2.01. The minimum absolute atomic E-state index is 0.710. The second-order valence-corrected chi connectivity index (χ2v) is 3.41. The van der Waals surface area contributed by atoms with Crippen LogP contribution in [-0.4, -0.2) is 0 Å². The molecule has 1 rings (SSSR count). The molecule has 0 aromatic heterocycles. The lowest BCUT2D eigenvalue weighted by Gasteiger charge is -2.05. The van der Waals surface area contributed by atoms with Crippen LogP contribution in [0.3, 0.4) is 0 Å². The van der Waals surface area contributed by atoms with E-state index in [0.717, 1.165) is 16.1 Å². The maximum atomic E-state index is 6.02. The van der Waals surface area contributed by atoms with Gasteiger partial charge in [0, 0.05) is 10.8 Å². The lowest BCUT2D eigenvalue weighted by Crippen LogP contribution is -1.86. The summed E-state index contributed by atoms with van der Waals surface area (Å²) in [6, 6.07) is 4.15. The maximum Gasteiger partial charge on any atom is 0.0475 e. The molecule has 1 aromatic rings. The highest BCUT2D eigenvalue weighted by atomic mass is 35.5. The Morgan fingerprint density at radius 3 is 2.55 bits per heavy atom. The van der Waals surface area contributed by atoms with Gasteiger partial charge in [-0.2, -0.15) is 12.6 Å². The summed E-state index contributed by atoms with van der Waals surface area (Å²) in [6.45, 7) is 4.08. The first kappa shape index (κ1) is 8.95. The smallest absolute Gasteiger partial charge is 0.0475 e. The third-order valence-electron chi connectivity index (χ3n) is 1.64. The summed E-state index contributed by atoms with van der Waals surface area (Å²) in [7, 11) is 0.